The molecule has 0 bridgehead atoms. The highest BCUT2D eigenvalue weighted by atomic mass is 16.6. The molecule has 7 nitrogen and oxygen atoms in total. The number of carbonyl (C=O) groups is 1. The number of rotatable bonds is 5. The Morgan fingerprint density at radius 1 is 1.58 bits per heavy atom. The summed E-state index contributed by atoms with van der Waals surface area (Å²) in [7, 11) is 3.12. The van der Waals surface area contributed by atoms with Crippen molar-refractivity contribution >= 4 is 17.3 Å². The highest BCUT2D eigenvalue weighted by Gasteiger charge is 2.21. The molecule has 0 aliphatic carbocycles. The molecule has 0 aliphatic rings. The van der Waals surface area contributed by atoms with Crippen molar-refractivity contribution in [3.05, 3.63) is 33.9 Å². The summed E-state index contributed by atoms with van der Waals surface area (Å²) < 4.78 is 0. The lowest BCUT2D eigenvalue weighted by molar-refractivity contribution is -0.384. The van der Waals surface area contributed by atoms with E-state index in [1.807, 2.05) is 0 Å². The number of hydrogen-bond donors (Lipinski definition) is 2. The molecule has 1 aromatic rings. The average molecular weight is 267 g/mol. The molecule has 1 aromatic carbocycles. The smallest absolute Gasteiger partial charge is 0.293 e. The first kappa shape index (κ1) is 14.9. The zero-order chi connectivity index (χ0) is 14.6. The summed E-state index contributed by atoms with van der Waals surface area (Å²) in [6, 6.07) is 3.88. The Labute approximate surface area is 111 Å². The van der Waals surface area contributed by atoms with Gasteiger partial charge in [0.2, 0.25) is 0 Å². The highest BCUT2D eigenvalue weighted by Crippen LogP contribution is 2.25. The Bertz CT molecular complexity index is 490. The van der Waals surface area contributed by atoms with E-state index in [1.165, 1.54) is 23.1 Å². The van der Waals surface area contributed by atoms with E-state index in [4.69, 9.17) is 5.11 Å². The number of nitrogens with zero attached hydrogens (tertiary/aromatic N) is 2. The minimum Gasteiger partial charge on any atom is -0.394 e. The lowest BCUT2D eigenvalue weighted by Gasteiger charge is -2.23. The third kappa shape index (κ3) is 3.19. The van der Waals surface area contributed by atoms with Crippen LogP contribution in [0.2, 0.25) is 0 Å². The van der Waals surface area contributed by atoms with Crippen LogP contribution in [0.1, 0.15) is 17.3 Å². The van der Waals surface area contributed by atoms with Gasteiger partial charge in [-0.15, -0.1) is 0 Å². The predicted octanol–water partition coefficient (Wildman–Crippen LogP) is 1.09. The molecule has 0 saturated heterocycles. The molecule has 104 valence electrons. The number of likely N-dealkylation sites (N-methyl/N-ethyl adjacent to an activating group) is 1. The maximum atomic E-state index is 12.1. The molecule has 1 unspecified atom stereocenters. The van der Waals surface area contributed by atoms with Crippen molar-refractivity contribution in [1.82, 2.24) is 4.90 Å². The molecule has 1 amide bonds. The SMILES string of the molecule is CNc1ccc(C(=O)N(C)C(C)CO)cc1[N+](=O)[O-]. The highest BCUT2D eigenvalue weighted by molar-refractivity contribution is 5.95. The van der Waals surface area contributed by atoms with Crippen LogP contribution >= 0.6 is 0 Å². The Hall–Kier alpha value is -2.15. The number of benzene rings is 1. The van der Waals surface area contributed by atoms with E-state index < -0.39 is 4.92 Å². The molecular weight excluding hydrogens is 250 g/mol. The fourth-order valence-corrected chi connectivity index (χ4v) is 1.55. The number of aliphatic hydroxyl groups excluding tert-OH is 1. The van der Waals surface area contributed by atoms with Crippen LogP contribution in [0.3, 0.4) is 0 Å². The normalized spacial score (nSPS) is 11.8. The van der Waals surface area contributed by atoms with Crippen LogP contribution in [-0.2, 0) is 0 Å². The molecule has 0 radical (unpaired) electrons. The average Bonchev–Trinajstić information content (AvgIpc) is 2.43. The fourth-order valence-electron chi connectivity index (χ4n) is 1.55. The Kier molecular flexibility index (Phi) is 4.82. The van der Waals surface area contributed by atoms with E-state index in [2.05, 4.69) is 5.32 Å². The molecular formula is C12H17N3O4. The molecule has 0 fully saturated rings. The van der Waals surface area contributed by atoms with E-state index in [0.29, 0.717) is 5.69 Å². The van der Waals surface area contributed by atoms with Gasteiger partial charge in [-0.1, -0.05) is 0 Å². The lowest BCUT2D eigenvalue weighted by Crippen LogP contribution is -2.37. The van der Waals surface area contributed by atoms with E-state index in [1.54, 1.807) is 21.0 Å². The molecule has 0 aliphatic heterocycles. The van der Waals surface area contributed by atoms with Crippen molar-refractivity contribution in [1.29, 1.82) is 0 Å². The third-order valence-corrected chi connectivity index (χ3v) is 2.96. The van der Waals surface area contributed by atoms with Gasteiger partial charge in [0, 0.05) is 25.7 Å². The van der Waals surface area contributed by atoms with Gasteiger partial charge < -0.3 is 15.3 Å². The monoisotopic (exact) mass is 267 g/mol. The number of carbonyl (C=O) groups excluding carboxylic acids is 1. The summed E-state index contributed by atoms with van der Waals surface area (Å²) in [5.74, 6) is -0.368. The first-order valence-electron chi connectivity index (χ1n) is 5.76. The topological polar surface area (TPSA) is 95.7 Å². The summed E-state index contributed by atoms with van der Waals surface area (Å²) in [6.45, 7) is 1.52. The number of hydrogen-bond acceptors (Lipinski definition) is 5. The van der Waals surface area contributed by atoms with Crippen molar-refractivity contribution in [2.45, 2.75) is 13.0 Å². The minimum atomic E-state index is -0.544. The fraction of sp³-hybridized carbons (Fsp3) is 0.417. The number of nitro groups is 1. The van der Waals surface area contributed by atoms with Gasteiger partial charge in [-0.25, -0.2) is 0 Å². The van der Waals surface area contributed by atoms with Gasteiger partial charge >= 0.3 is 0 Å². The van der Waals surface area contributed by atoms with Crippen molar-refractivity contribution in [3.8, 4) is 0 Å². The van der Waals surface area contributed by atoms with Gasteiger partial charge in [-0.05, 0) is 19.1 Å². The largest absolute Gasteiger partial charge is 0.394 e. The Morgan fingerprint density at radius 2 is 2.21 bits per heavy atom. The molecule has 0 aromatic heterocycles. The third-order valence-electron chi connectivity index (χ3n) is 2.96. The van der Waals surface area contributed by atoms with Crippen LogP contribution in [0.4, 0.5) is 11.4 Å². The van der Waals surface area contributed by atoms with Crippen LogP contribution in [0.25, 0.3) is 0 Å². The van der Waals surface area contributed by atoms with Crippen LogP contribution in [0.5, 0.6) is 0 Å². The zero-order valence-corrected chi connectivity index (χ0v) is 11.1. The van der Waals surface area contributed by atoms with Crippen molar-refractivity contribution in [2.75, 3.05) is 26.0 Å². The molecule has 0 heterocycles. The van der Waals surface area contributed by atoms with Crippen LogP contribution in [-0.4, -0.2) is 47.6 Å². The van der Waals surface area contributed by atoms with E-state index >= 15 is 0 Å². The maximum absolute atomic E-state index is 12.1. The molecule has 2 N–H and O–H groups in total. The summed E-state index contributed by atoms with van der Waals surface area (Å²) in [5.41, 5.74) is 0.409. The molecule has 0 saturated carbocycles. The van der Waals surface area contributed by atoms with Gasteiger partial charge in [-0.2, -0.15) is 0 Å². The predicted molar refractivity (Wildman–Crippen MR) is 71.3 cm³/mol. The van der Waals surface area contributed by atoms with Crippen LogP contribution in [0, 0.1) is 10.1 Å². The van der Waals surface area contributed by atoms with E-state index in [0.717, 1.165) is 0 Å². The number of aliphatic hydroxyl groups is 1. The summed E-state index contributed by atoms with van der Waals surface area (Å²) in [5, 5.41) is 22.6. The Morgan fingerprint density at radius 3 is 2.68 bits per heavy atom. The maximum Gasteiger partial charge on any atom is 0.293 e. The summed E-state index contributed by atoms with van der Waals surface area (Å²) in [4.78, 5) is 23.8. The van der Waals surface area contributed by atoms with Crippen molar-refractivity contribution in [3.63, 3.8) is 0 Å². The van der Waals surface area contributed by atoms with Gasteiger partial charge in [0.15, 0.2) is 0 Å². The lowest BCUT2D eigenvalue weighted by atomic mass is 10.1. The second-order valence-electron chi connectivity index (χ2n) is 4.19. The van der Waals surface area contributed by atoms with Crippen LogP contribution in [0.15, 0.2) is 18.2 Å². The van der Waals surface area contributed by atoms with Gasteiger partial charge in [0.05, 0.1) is 17.6 Å². The molecule has 1 rings (SSSR count). The standard InChI is InChI=1S/C12H17N3O4/c1-8(7-16)14(3)12(17)9-4-5-10(13-2)11(6-9)15(18)19/h4-6,8,13,16H,7H2,1-3H3. The van der Waals surface area contributed by atoms with E-state index in [9.17, 15) is 14.9 Å². The zero-order valence-electron chi connectivity index (χ0n) is 11.1. The van der Waals surface area contributed by atoms with Gasteiger partial charge in [0.25, 0.3) is 11.6 Å². The second kappa shape index (κ2) is 6.14. The van der Waals surface area contributed by atoms with Crippen molar-refractivity contribution in [2.24, 2.45) is 0 Å². The second-order valence-corrected chi connectivity index (χ2v) is 4.19. The number of nitrogens with one attached hydrogen (secondary N) is 1. The number of amides is 1. The molecule has 0 spiro atoms. The quantitative estimate of drug-likeness (QED) is 0.615. The first-order valence-corrected chi connectivity index (χ1v) is 5.76. The van der Waals surface area contributed by atoms with E-state index in [-0.39, 0.29) is 29.8 Å². The molecule has 7 heteroatoms. The number of nitro benzene ring substituents is 1. The Balaban J connectivity index is 3.12. The van der Waals surface area contributed by atoms with Crippen LogP contribution < -0.4 is 5.32 Å². The molecule has 19 heavy (non-hydrogen) atoms. The minimum absolute atomic E-state index is 0.154. The molecule has 1 atom stereocenters. The van der Waals surface area contributed by atoms with Crippen molar-refractivity contribution < 1.29 is 14.8 Å². The first-order chi connectivity index (χ1) is 8.92. The summed E-state index contributed by atoms with van der Waals surface area (Å²) in [6.07, 6.45) is 0. The van der Waals surface area contributed by atoms with Gasteiger partial charge in [0.1, 0.15) is 5.69 Å². The summed E-state index contributed by atoms with van der Waals surface area (Å²) >= 11 is 0. The number of anilines is 1. The van der Waals surface area contributed by atoms with Gasteiger partial charge in [-0.3, -0.25) is 14.9 Å².